The van der Waals surface area contributed by atoms with Crippen molar-refractivity contribution in [3.8, 4) is 11.4 Å². The molecule has 2 aromatic carbocycles. The maximum Gasteiger partial charge on any atom is 0.145 e. The van der Waals surface area contributed by atoms with Crippen molar-refractivity contribution in [1.82, 2.24) is 9.78 Å². The van der Waals surface area contributed by atoms with E-state index in [1.165, 1.54) is 0 Å². The zero-order valence-electron chi connectivity index (χ0n) is 11.6. The molecule has 0 N–H and O–H groups in total. The molecule has 0 aliphatic rings. The van der Waals surface area contributed by atoms with Crippen molar-refractivity contribution in [2.24, 2.45) is 0 Å². The van der Waals surface area contributed by atoms with Crippen molar-refractivity contribution in [1.29, 1.82) is 0 Å². The van der Waals surface area contributed by atoms with Gasteiger partial charge in [0.2, 0.25) is 0 Å². The van der Waals surface area contributed by atoms with Gasteiger partial charge in [0.25, 0.3) is 0 Å². The molecule has 0 aliphatic heterocycles. The van der Waals surface area contributed by atoms with Gasteiger partial charge in [-0.15, -0.1) is 0 Å². The van der Waals surface area contributed by atoms with Crippen molar-refractivity contribution in [3.05, 3.63) is 53.1 Å². The molecule has 0 saturated carbocycles. The number of para-hydroxylation sites is 2. The molecule has 0 radical (unpaired) electrons. The summed E-state index contributed by atoms with van der Waals surface area (Å²) in [7, 11) is 1.66. The van der Waals surface area contributed by atoms with Crippen molar-refractivity contribution < 1.29 is 9.47 Å². The number of methoxy groups -OCH3 is 1. The van der Waals surface area contributed by atoms with Gasteiger partial charge in [-0.3, -0.25) is 0 Å². The first-order valence-corrected chi connectivity index (χ1v) is 7.43. The highest BCUT2D eigenvalue weighted by atomic mass is 79.9. The maximum atomic E-state index is 5.76. The van der Waals surface area contributed by atoms with Gasteiger partial charge >= 0.3 is 0 Å². The van der Waals surface area contributed by atoms with Crippen LogP contribution >= 0.6 is 15.9 Å². The van der Waals surface area contributed by atoms with E-state index in [9.17, 15) is 0 Å². The number of fused-ring (bicyclic) bond motifs is 1. The fraction of sp³-hybridized carbons (Fsp3) is 0.188. The zero-order valence-corrected chi connectivity index (χ0v) is 13.2. The summed E-state index contributed by atoms with van der Waals surface area (Å²) in [4.78, 5) is 0. The Morgan fingerprint density at radius 3 is 2.86 bits per heavy atom. The third-order valence-corrected chi connectivity index (χ3v) is 3.62. The van der Waals surface area contributed by atoms with E-state index < -0.39 is 0 Å². The van der Waals surface area contributed by atoms with E-state index in [2.05, 4.69) is 21.0 Å². The molecule has 1 aromatic heterocycles. The SMILES string of the molecule is COCCOc1ccccc1-n1cc2ccc(Br)cc2n1. The average molecular weight is 347 g/mol. The quantitative estimate of drug-likeness (QED) is 0.659. The molecule has 3 aromatic rings. The van der Waals surface area contributed by atoms with Gasteiger partial charge in [-0.1, -0.05) is 34.1 Å². The second kappa shape index (κ2) is 6.28. The number of benzene rings is 2. The maximum absolute atomic E-state index is 5.76. The Hall–Kier alpha value is -1.85. The van der Waals surface area contributed by atoms with Crippen molar-refractivity contribution in [2.45, 2.75) is 0 Å². The number of halogens is 1. The third-order valence-electron chi connectivity index (χ3n) is 3.13. The Morgan fingerprint density at radius 2 is 2.00 bits per heavy atom. The summed E-state index contributed by atoms with van der Waals surface area (Å²) in [6, 6.07) is 13.9. The van der Waals surface area contributed by atoms with Gasteiger partial charge in [-0.2, -0.15) is 5.10 Å². The van der Waals surface area contributed by atoms with Crippen LogP contribution in [0.4, 0.5) is 0 Å². The van der Waals surface area contributed by atoms with Crippen molar-refractivity contribution in [2.75, 3.05) is 20.3 Å². The van der Waals surface area contributed by atoms with E-state index in [1.807, 2.05) is 53.3 Å². The van der Waals surface area contributed by atoms with Crippen LogP contribution in [0.1, 0.15) is 0 Å². The molecule has 4 nitrogen and oxygen atoms in total. The molecular weight excluding hydrogens is 332 g/mol. The monoisotopic (exact) mass is 346 g/mol. The largest absolute Gasteiger partial charge is 0.489 e. The highest BCUT2D eigenvalue weighted by molar-refractivity contribution is 9.10. The molecule has 0 aliphatic carbocycles. The van der Waals surface area contributed by atoms with Gasteiger partial charge in [0, 0.05) is 23.2 Å². The topological polar surface area (TPSA) is 36.3 Å². The van der Waals surface area contributed by atoms with E-state index in [0.29, 0.717) is 13.2 Å². The van der Waals surface area contributed by atoms with Crippen LogP contribution in [0.3, 0.4) is 0 Å². The number of nitrogens with zero attached hydrogens (tertiary/aromatic N) is 2. The molecule has 108 valence electrons. The molecule has 21 heavy (non-hydrogen) atoms. The van der Waals surface area contributed by atoms with Gasteiger partial charge in [-0.05, 0) is 24.3 Å². The number of rotatable bonds is 5. The molecule has 0 fully saturated rings. The lowest BCUT2D eigenvalue weighted by Gasteiger charge is -2.10. The molecular formula is C16H15BrN2O2. The third kappa shape index (κ3) is 3.09. The highest BCUT2D eigenvalue weighted by Gasteiger charge is 2.08. The van der Waals surface area contributed by atoms with Crippen molar-refractivity contribution >= 4 is 26.8 Å². The predicted octanol–water partition coefficient (Wildman–Crippen LogP) is 3.81. The smallest absolute Gasteiger partial charge is 0.145 e. The van der Waals surface area contributed by atoms with Crippen LogP contribution in [-0.2, 0) is 4.74 Å². The average Bonchev–Trinajstić information content (AvgIpc) is 2.91. The second-order valence-electron chi connectivity index (χ2n) is 4.59. The summed E-state index contributed by atoms with van der Waals surface area (Å²) in [5.74, 6) is 0.793. The van der Waals surface area contributed by atoms with E-state index in [-0.39, 0.29) is 0 Å². The molecule has 0 bridgehead atoms. The van der Waals surface area contributed by atoms with Crippen LogP contribution < -0.4 is 4.74 Å². The van der Waals surface area contributed by atoms with Crippen LogP contribution in [0.15, 0.2) is 53.1 Å². The van der Waals surface area contributed by atoms with Crippen LogP contribution in [0, 0.1) is 0 Å². The number of ether oxygens (including phenoxy) is 2. The summed E-state index contributed by atoms with van der Waals surface area (Å²) >= 11 is 3.47. The minimum Gasteiger partial charge on any atom is -0.489 e. The predicted molar refractivity (Wildman–Crippen MR) is 86.1 cm³/mol. The highest BCUT2D eigenvalue weighted by Crippen LogP contribution is 2.25. The minimum absolute atomic E-state index is 0.514. The molecule has 1 heterocycles. The number of hydrogen-bond donors (Lipinski definition) is 0. The summed E-state index contributed by atoms with van der Waals surface area (Å²) in [6.07, 6.45) is 2.00. The summed E-state index contributed by atoms with van der Waals surface area (Å²) in [5, 5.41) is 5.70. The Balaban J connectivity index is 1.97. The zero-order chi connectivity index (χ0) is 14.7. The first kappa shape index (κ1) is 14.1. The fourth-order valence-electron chi connectivity index (χ4n) is 2.12. The molecule has 0 spiro atoms. The summed E-state index contributed by atoms with van der Waals surface area (Å²) in [5.41, 5.74) is 1.86. The second-order valence-corrected chi connectivity index (χ2v) is 5.50. The first-order valence-electron chi connectivity index (χ1n) is 6.64. The molecule has 5 heteroatoms. The lowest BCUT2D eigenvalue weighted by Crippen LogP contribution is -2.07. The van der Waals surface area contributed by atoms with E-state index in [4.69, 9.17) is 9.47 Å². The summed E-state index contributed by atoms with van der Waals surface area (Å²) in [6.45, 7) is 1.07. The lowest BCUT2D eigenvalue weighted by atomic mass is 10.2. The summed E-state index contributed by atoms with van der Waals surface area (Å²) < 4.78 is 13.6. The molecule has 3 rings (SSSR count). The van der Waals surface area contributed by atoms with Gasteiger partial charge in [0.15, 0.2) is 0 Å². The van der Waals surface area contributed by atoms with Crippen LogP contribution in [0.2, 0.25) is 0 Å². The van der Waals surface area contributed by atoms with E-state index in [0.717, 1.165) is 26.8 Å². The lowest BCUT2D eigenvalue weighted by molar-refractivity contribution is 0.146. The van der Waals surface area contributed by atoms with Gasteiger partial charge in [-0.25, -0.2) is 4.68 Å². The van der Waals surface area contributed by atoms with Crippen molar-refractivity contribution in [3.63, 3.8) is 0 Å². The Bertz CT molecular complexity index is 755. The number of hydrogen-bond acceptors (Lipinski definition) is 3. The Morgan fingerprint density at radius 1 is 1.14 bits per heavy atom. The first-order chi connectivity index (χ1) is 10.3. The molecule has 0 amide bonds. The minimum atomic E-state index is 0.514. The number of aromatic nitrogens is 2. The standard InChI is InChI=1S/C16H15BrN2O2/c1-20-8-9-21-16-5-3-2-4-15(16)19-11-12-6-7-13(17)10-14(12)18-19/h2-7,10-11H,8-9H2,1H3. The molecule has 0 saturated heterocycles. The Labute approximate surface area is 131 Å². The fourth-order valence-corrected chi connectivity index (χ4v) is 2.47. The molecule has 0 atom stereocenters. The van der Waals surface area contributed by atoms with E-state index >= 15 is 0 Å². The van der Waals surface area contributed by atoms with Crippen LogP contribution in [0.5, 0.6) is 5.75 Å². The van der Waals surface area contributed by atoms with E-state index in [1.54, 1.807) is 7.11 Å². The van der Waals surface area contributed by atoms with Crippen LogP contribution in [-0.4, -0.2) is 30.1 Å². The van der Waals surface area contributed by atoms with Gasteiger partial charge < -0.3 is 9.47 Å². The van der Waals surface area contributed by atoms with Crippen LogP contribution in [0.25, 0.3) is 16.6 Å². The Kier molecular flexibility index (Phi) is 4.22. The normalized spacial score (nSPS) is 11.0. The molecule has 0 unspecified atom stereocenters. The van der Waals surface area contributed by atoms with Gasteiger partial charge in [0.05, 0.1) is 12.1 Å². The van der Waals surface area contributed by atoms with Gasteiger partial charge in [0.1, 0.15) is 18.0 Å².